The van der Waals surface area contributed by atoms with Crippen LogP contribution in [0, 0.1) is 0 Å². The average Bonchev–Trinajstić information content (AvgIpc) is 2.28. The van der Waals surface area contributed by atoms with E-state index in [1.54, 1.807) is 0 Å². The predicted octanol–water partition coefficient (Wildman–Crippen LogP) is 3.91. The standard InChI is InChI=1S/C12H16ClF3N2.ClH/c13-11-8(10(18)6-1-2-7-17)4-3-5-9(11)12(14,15)16;/h3-5,10H,1-2,6-7,17-18H2;1H/t10-;/m0./s1. The molecule has 0 saturated carbocycles. The Morgan fingerprint density at radius 3 is 2.37 bits per heavy atom. The monoisotopic (exact) mass is 316 g/mol. The summed E-state index contributed by atoms with van der Waals surface area (Å²) < 4.78 is 38.0. The van der Waals surface area contributed by atoms with Gasteiger partial charge in [0.1, 0.15) is 0 Å². The van der Waals surface area contributed by atoms with Crippen molar-refractivity contribution in [1.29, 1.82) is 0 Å². The Labute approximate surface area is 121 Å². The lowest BCUT2D eigenvalue weighted by Crippen LogP contribution is -2.14. The predicted molar refractivity (Wildman–Crippen MR) is 73.5 cm³/mol. The van der Waals surface area contributed by atoms with Gasteiger partial charge in [-0.25, -0.2) is 0 Å². The number of nitrogens with two attached hydrogens (primary N) is 2. The van der Waals surface area contributed by atoms with E-state index in [4.69, 9.17) is 23.1 Å². The molecule has 0 bridgehead atoms. The highest BCUT2D eigenvalue weighted by Crippen LogP contribution is 2.38. The second-order valence-corrected chi connectivity index (χ2v) is 4.48. The smallest absolute Gasteiger partial charge is 0.330 e. The molecule has 2 nitrogen and oxygen atoms in total. The molecule has 0 aromatic heterocycles. The highest BCUT2D eigenvalue weighted by Gasteiger charge is 2.34. The number of rotatable bonds is 5. The third-order valence-corrected chi connectivity index (χ3v) is 3.12. The summed E-state index contributed by atoms with van der Waals surface area (Å²) in [6.07, 6.45) is -2.32. The van der Waals surface area contributed by atoms with Crippen LogP contribution >= 0.6 is 24.0 Å². The van der Waals surface area contributed by atoms with Crippen LogP contribution in [-0.4, -0.2) is 6.54 Å². The van der Waals surface area contributed by atoms with E-state index in [9.17, 15) is 13.2 Å². The molecule has 0 unspecified atom stereocenters. The molecule has 0 spiro atoms. The zero-order chi connectivity index (χ0) is 13.8. The summed E-state index contributed by atoms with van der Waals surface area (Å²) in [6.45, 7) is 0.545. The zero-order valence-corrected chi connectivity index (χ0v) is 11.8. The van der Waals surface area contributed by atoms with Gasteiger partial charge in [-0.05, 0) is 31.0 Å². The molecule has 1 rings (SSSR count). The minimum absolute atomic E-state index is 0. The fraction of sp³-hybridized carbons (Fsp3) is 0.500. The second kappa shape index (κ2) is 7.94. The van der Waals surface area contributed by atoms with Crippen LogP contribution in [-0.2, 0) is 6.18 Å². The van der Waals surface area contributed by atoms with Crippen LogP contribution in [0.2, 0.25) is 5.02 Å². The van der Waals surface area contributed by atoms with Crippen LogP contribution in [0.25, 0.3) is 0 Å². The number of unbranched alkanes of at least 4 members (excludes halogenated alkanes) is 1. The molecule has 0 aliphatic rings. The van der Waals surface area contributed by atoms with Crippen molar-refractivity contribution in [3.05, 3.63) is 34.3 Å². The van der Waals surface area contributed by atoms with Gasteiger partial charge in [-0.3, -0.25) is 0 Å². The summed E-state index contributed by atoms with van der Waals surface area (Å²) in [6, 6.07) is 3.32. The second-order valence-electron chi connectivity index (χ2n) is 4.10. The van der Waals surface area contributed by atoms with E-state index in [1.807, 2.05) is 0 Å². The molecule has 110 valence electrons. The van der Waals surface area contributed by atoms with E-state index in [0.717, 1.165) is 18.9 Å². The van der Waals surface area contributed by atoms with Gasteiger partial charge >= 0.3 is 6.18 Å². The maximum Gasteiger partial charge on any atom is 0.417 e. The van der Waals surface area contributed by atoms with E-state index in [2.05, 4.69) is 0 Å². The number of hydrogen-bond donors (Lipinski definition) is 2. The molecule has 0 radical (unpaired) electrons. The Morgan fingerprint density at radius 1 is 1.21 bits per heavy atom. The fourth-order valence-corrected chi connectivity index (χ4v) is 2.09. The van der Waals surface area contributed by atoms with Crippen molar-refractivity contribution >= 4 is 24.0 Å². The first-order chi connectivity index (χ1) is 8.38. The maximum atomic E-state index is 12.7. The van der Waals surface area contributed by atoms with E-state index < -0.39 is 17.8 Å². The summed E-state index contributed by atoms with van der Waals surface area (Å²) in [5.41, 5.74) is 10.7. The number of benzene rings is 1. The molecule has 0 fully saturated rings. The molecule has 0 heterocycles. The third-order valence-electron chi connectivity index (χ3n) is 2.70. The van der Waals surface area contributed by atoms with Gasteiger partial charge in [0, 0.05) is 6.04 Å². The Bertz CT molecular complexity index is 397. The summed E-state index contributed by atoms with van der Waals surface area (Å²) in [5.74, 6) is 0. The SMILES string of the molecule is Cl.NCCCC[C@H](N)c1cccc(C(F)(F)F)c1Cl. The first kappa shape index (κ1) is 18.5. The largest absolute Gasteiger partial charge is 0.417 e. The summed E-state index contributed by atoms with van der Waals surface area (Å²) in [7, 11) is 0. The van der Waals surface area contributed by atoms with Crippen LogP contribution in [0.15, 0.2) is 18.2 Å². The first-order valence-electron chi connectivity index (χ1n) is 5.69. The molecule has 0 amide bonds. The molecule has 0 aliphatic carbocycles. The summed E-state index contributed by atoms with van der Waals surface area (Å²) >= 11 is 5.78. The highest BCUT2D eigenvalue weighted by atomic mass is 35.5. The quantitative estimate of drug-likeness (QED) is 0.809. The number of alkyl halides is 3. The van der Waals surface area contributed by atoms with Gasteiger partial charge in [-0.2, -0.15) is 13.2 Å². The highest BCUT2D eigenvalue weighted by molar-refractivity contribution is 6.32. The molecule has 1 aromatic rings. The van der Waals surface area contributed by atoms with Gasteiger partial charge in [0.15, 0.2) is 0 Å². The maximum absolute atomic E-state index is 12.7. The normalized spacial score (nSPS) is 12.9. The molecule has 4 N–H and O–H groups in total. The van der Waals surface area contributed by atoms with Gasteiger partial charge in [0.2, 0.25) is 0 Å². The third kappa shape index (κ3) is 5.18. The zero-order valence-electron chi connectivity index (χ0n) is 10.2. The number of hydrogen-bond acceptors (Lipinski definition) is 2. The van der Waals surface area contributed by atoms with Crippen molar-refractivity contribution in [2.24, 2.45) is 11.5 Å². The van der Waals surface area contributed by atoms with Crippen molar-refractivity contribution in [3.8, 4) is 0 Å². The summed E-state index contributed by atoms with van der Waals surface area (Å²) in [4.78, 5) is 0. The van der Waals surface area contributed by atoms with Crippen LogP contribution < -0.4 is 11.5 Å². The minimum atomic E-state index is -4.45. The Balaban J connectivity index is 0.00000324. The van der Waals surface area contributed by atoms with Gasteiger partial charge in [-0.1, -0.05) is 30.2 Å². The van der Waals surface area contributed by atoms with Crippen molar-refractivity contribution in [2.75, 3.05) is 6.54 Å². The molecule has 19 heavy (non-hydrogen) atoms. The molecular formula is C12H17Cl2F3N2. The lowest BCUT2D eigenvalue weighted by molar-refractivity contribution is -0.137. The van der Waals surface area contributed by atoms with Crippen LogP contribution in [0.1, 0.15) is 36.4 Å². The van der Waals surface area contributed by atoms with Gasteiger partial charge in [0.25, 0.3) is 0 Å². The molecular weight excluding hydrogens is 300 g/mol. The topological polar surface area (TPSA) is 52.0 Å². The van der Waals surface area contributed by atoms with E-state index in [-0.39, 0.29) is 17.4 Å². The Kier molecular flexibility index (Phi) is 7.74. The van der Waals surface area contributed by atoms with Gasteiger partial charge < -0.3 is 11.5 Å². The molecule has 1 aromatic carbocycles. The van der Waals surface area contributed by atoms with Gasteiger partial charge in [0.05, 0.1) is 10.6 Å². The van der Waals surface area contributed by atoms with Crippen molar-refractivity contribution < 1.29 is 13.2 Å². The Hall–Kier alpha value is -0.490. The lowest BCUT2D eigenvalue weighted by atomic mass is 9.99. The Morgan fingerprint density at radius 2 is 1.84 bits per heavy atom. The van der Waals surface area contributed by atoms with Crippen molar-refractivity contribution in [2.45, 2.75) is 31.5 Å². The summed E-state index contributed by atoms with van der Waals surface area (Å²) in [5, 5.41) is -0.301. The number of halogens is 5. The fourth-order valence-electron chi connectivity index (χ4n) is 1.72. The first-order valence-corrected chi connectivity index (χ1v) is 6.07. The van der Waals surface area contributed by atoms with E-state index in [0.29, 0.717) is 18.5 Å². The van der Waals surface area contributed by atoms with Crippen LogP contribution in [0.5, 0.6) is 0 Å². The molecule has 0 saturated heterocycles. The molecule has 1 atom stereocenters. The van der Waals surface area contributed by atoms with E-state index in [1.165, 1.54) is 12.1 Å². The van der Waals surface area contributed by atoms with Gasteiger partial charge in [-0.15, -0.1) is 12.4 Å². The van der Waals surface area contributed by atoms with Crippen LogP contribution in [0.3, 0.4) is 0 Å². The average molecular weight is 317 g/mol. The molecule has 0 aliphatic heterocycles. The van der Waals surface area contributed by atoms with Crippen LogP contribution in [0.4, 0.5) is 13.2 Å². The van der Waals surface area contributed by atoms with E-state index >= 15 is 0 Å². The minimum Gasteiger partial charge on any atom is -0.330 e. The molecule has 7 heteroatoms. The van der Waals surface area contributed by atoms with Crippen molar-refractivity contribution in [1.82, 2.24) is 0 Å². The lowest BCUT2D eigenvalue weighted by Gasteiger charge is -2.17. The van der Waals surface area contributed by atoms with Crippen molar-refractivity contribution in [3.63, 3.8) is 0 Å².